The Morgan fingerprint density at radius 2 is 1.60 bits per heavy atom. The molecule has 2 aromatic carbocycles. The first-order chi connectivity index (χ1) is 24.3. The van der Waals surface area contributed by atoms with Crippen LogP contribution in [0.1, 0.15) is 87.3 Å². The normalized spacial score (nSPS) is 21.9. The van der Waals surface area contributed by atoms with Gasteiger partial charge in [0.2, 0.25) is 5.91 Å². The molecule has 3 fully saturated rings. The molecule has 3 aliphatic carbocycles. The molecule has 0 spiro atoms. The number of nitrogens with zero attached hydrogens (tertiary/aromatic N) is 3. The minimum Gasteiger partial charge on any atom is -0.496 e. The van der Waals surface area contributed by atoms with Crippen molar-refractivity contribution in [2.45, 2.75) is 89.2 Å². The molecule has 3 aliphatic rings. The SMILES string of the molecule is COC(=O)NCCNC(=O)OC1CCC(C(=O)N(CC2CCC(c3ccc(OC)c(C)c3)CC2)c2cccc(-c3cnn(C4CC4)c3)c2)CC1. The van der Waals surface area contributed by atoms with Gasteiger partial charge >= 0.3 is 12.2 Å². The molecule has 268 valence electrons. The molecule has 0 radical (unpaired) electrons. The monoisotopic (exact) mass is 685 g/mol. The van der Waals surface area contributed by atoms with E-state index in [-0.39, 0.29) is 31.0 Å². The van der Waals surface area contributed by atoms with Crippen molar-refractivity contribution in [2.24, 2.45) is 11.8 Å². The van der Waals surface area contributed by atoms with Crippen LogP contribution in [0.3, 0.4) is 0 Å². The van der Waals surface area contributed by atoms with Gasteiger partial charge in [0.05, 0.1) is 26.5 Å². The number of aryl methyl sites for hydroxylation is 1. The van der Waals surface area contributed by atoms with E-state index in [0.29, 0.717) is 50.1 Å². The van der Waals surface area contributed by atoms with Crippen LogP contribution in [0.25, 0.3) is 11.1 Å². The fraction of sp³-hybridized carbons (Fsp3) is 0.538. The Kier molecular flexibility index (Phi) is 11.6. The van der Waals surface area contributed by atoms with Crippen molar-refractivity contribution in [1.82, 2.24) is 20.4 Å². The van der Waals surface area contributed by atoms with Crippen molar-refractivity contribution in [1.29, 1.82) is 0 Å². The topological polar surface area (TPSA) is 124 Å². The fourth-order valence-electron chi connectivity index (χ4n) is 7.54. The summed E-state index contributed by atoms with van der Waals surface area (Å²) in [7, 11) is 3.00. The van der Waals surface area contributed by atoms with Crippen molar-refractivity contribution >= 4 is 23.8 Å². The highest BCUT2D eigenvalue weighted by Crippen LogP contribution is 2.40. The molecule has 3 aromatic rings. The second-order valence-electron chi connectivity index (χ2n) is 14.1. The number of hydrogen-bond acceptors (Lipinski definition) is 7. The summed E-state index contributed by atoms with van der Waals surface area (Å²) in [5, 5.41) is 9.78. The van der Waals surface area contributed by atoms with Crippen LogP contribution in [0.5, 0.6) is 5.75 Å². The van der Waals surface area contributed by atoms with E-state index in [1.807, 2.05) is 17.2 Å². The van der Waals surface area contributed by atoms with Gasteiger partial charge in [0.1, 0.15) is 11.9 Å². The number of hydrogen-bond donors (Lipinski definition) is 2. The molecule has 3 saturated carbocycles. The molecule has 0 unspecified atom stereocenters. The lowest BCUT2D eigenvalue weighted by Gasteiger charge is -2.36. The smallest absolute Gasteiger partial charge is 0.407 e. The highest BCUT2D eigenvalue weighted by atomic mass is 16.6. The van der Waals surface area contributed by atoms with Crippen molar-refractivity contribution < 1.29 is 28.6 Å². The third-order valence-corrected chi connectivity index (χ3v) is 10.6. The largest absolute Gasteiger partial charge is 0.496 e. The van der Waals surface area contributed by atoms with E-state index in [0.717, 1.165) is 48.2 Å². The third kappa shape index (κ3) is 8.97. The average Bonchev–Trinajstić information content (AvgIpc) is 3.88. The number of anilines is 1. The summed E-state index contributed by atoms with van der Waals surface area (Å²) in [6, 6.07) is 15.4. The van der Waals surface area contributed by atoms with E-state index in [4.69, 9.17) is 9.47 Å². The van der Waals surface area contributed by atoms with Crippen LogP contribution in [0.15, 0.2) is 54.9 Å². The van der Waals surface area contributed by atoms with Crippen molar-refractivity contribution in [2.75, 3.05) is 38.8 Å². The van der Waals surface area contributed by atoms with E-state index in [9.17, 15) is 14.4 Å². The molecular weight excluding hydrogens is 634 g/mol. The fourth-order valence-corrected chi connectivity index (χ4v) is 7.54. The Labute approximate surface area is 295 Å². The van der Waals surface area contributed by atoms with Crippen LogP contribution in [-0.2, 0) is 14.3 Å². The predicted molar refractivity (Wildman–Crippen MR) is 191 cm³/mol. The number of aromatic nitrogens is 2. The maximum atomic E-state index is 14.4. The molecule has 0 aliphatic heterocycles. The van der Waals surface area contributed by atoms with Crippen LogP contribution < -0.4 is 20.3 Å². The van der Waals surface area contributed by atoms with Gasteiger partial charge in [0, 0.05) is 43.0 Å². The summed E-state index contributed by atoms with van der Waals surface area (Å²) >= 11 is 0. The average molecular weight is 686 g/mol. The van der Waals surface area contributed by atoms with E-state index in [1.54, 1.807) is 7.11 Å². The lowest BCUT2D eigenvalue weighted by atomic mass is 9.78. The van der Waals surface area contributed by atoms with Crippen molar-refractivity contribution in [3.63, 3.8) is 0 Å². The maximum Gasteiger partial charge on any atom is 0.407 e. The molecule has 0 atom stereocenters. The number of nitrogens with one attached hydrogen (secondary N) is 2. The van der Waals surface area contributed by atoms with Crippen LogP contribution in [0, 0.1) is 18.8 Å². The summed E-state index contributed by atoms with van der Waals surface area (Å²) in [4.78, 5) is 40.0. The number of ether oxygens (including phenoxy) is 3. The summed E-state index contributed by atoms with van der Waals surface area (Å²) in [6.45, 7) is 3.27. The van der Waals surface area contributed by atoms with E-state index in [1.165, 1.54) is 31.1 Å². The lowest BCUT2D eigenvalue weighted by Crippen LogP contribution is -2.42. The van der Waals surface area contributed by atoms with Gasteiger partial charge in [0.25, 0.3) is 0 Å². The van der Waals surface area contributed by atoms with Crippen LogP contribution >= 0.6 is 0 Å². The van der Waals surface area contributed by atoms with Crippen molar-refractivity contribution in [3.05, 3.63) is 66.0 Å². The van der Waals surface area contributed by atoms with Gasteiger partial charge in [0.15, 0.2) is 0 Å². The number of carbonyl (C=O) groups excluding carboxylic acids is 3. The molecule has 1 heterocycles. The Morgan fingerprint density at radius 3 is 2.28 bits per heavy atom. The molecule has 6 rings (SSSR count). The standard InChI is InChI=1S/C39H51N5O6/c1-26-21-31(13-18-36(26)48-2)28-9-7-27(8-10-28)24-43(34-6-4-5-30(22-34)32-23-42-44(25-32)33-14-15-33)37(45)29-11-16-35(17-12-29)50-39(47)41-20-19-40-38(46)49-3/h4-6,13,18,21-23,25,27-29,33,35H,7-12,14-17,19-20,24H2,1-3H3,(H,40,46)(H,41,47). The molecule has 1 aromatic heterocycles. The lowest BCUT2D eigenvalue weighted by molar-refractivity contribution is -0.124. The second-order valence-corrected chi connectivity index (χ2v) is 14.1. The molecule has 3 amide bonds. The molecule has 0 bridgehead atoms. The Balaban J connectivity index is 1.10. The number of carbonyl (C=O) groups is 3. The zero-order chi connectivity index (χ0) is 35.0. The highest BCUT2D eigenvalue weighted by molar-refractivity contribution is 5.95. The third-order valence-electron chi connectivity index (χ3n) is 10.6. The van der Waals surface area contributed by atoms with Crippen LogP contribution in [0.4, 0.5) is 15.3 Å². The molecule has 2 N–H and O–H groups in total. The van der Waals surface area contributed by atoms with Gasteiger partial charge in [-0.05, 0) is 118 Å². The number of benzene rings is 2. The molecule has 11 nitrogen and oxygen atoms in total. The minimum absolute atomic E-state index is 0.137. The molecule has 50 heavy (non-hydrogen) atoms. The number of methoxy groups -OCH3 is 2. The van der Waals surface area contributed by atoms with Crippen LogP contribution in [-0.4, -0.2) is 67.8 Å². The molecular formula is C39H51N5O6. The molecule has 0 saturated heterocycles. The first-order valence-corrected chi connectivity index (χ1v) is 18.2. The second kappa shape index (κ2) is 16.4. The zero-order valence-electron chi connectivity index (χ0n) is 29.6. The van der Waals surface area contributed by atoms with Gasteiger partial charge in [-0.15, -0.1) is 0 Å². The molecule has 11 heteroatoms. The predicted octanol–water partition coefficient (Wildman–Crippen LogP) is 7.15. The van der Waals surface area contributed by atoms with Gasteiger partial charge in [-0.2, -0.15) is 5.10 Å². The summed E-state index contributed by atoms with van der Waals surface area (Å²) in [5.74, 6) is 1.87. The van der Waals surface area contributed by atoms with E-state index >= 15 is 0 Å². The Morgan fingerprint density at radius 1 is 0.860 bits per heavy atom. The quantitative estimate of drug-likeness (QED) is 0.194. The Bertz CT molecular complexity index is 1620. The zero-order valence-corrected chi connectivity index (χ0v) is 29.6. The maximum absolute atomic E-state index is 14.4. The van der Waals surface area contributed by atoms with Crippen molar-refractivity contribution in [3.8, 4) is 16.9 Å². The minimum atomic E-state index is -0.551. The summed E-state index contributed by atoms with van der Waals surface area (Å²) in [6.07, 6.45) is 12.0. The number of rotatable bonds is 12. The van der Waals surface area contributed by atoms with E-state index < -0.39 is 12.2 Å². The summed E-state index contributed by atoms with van der Waals surface area (Å²) < 4.78 is 17.7. The van der Waals surface area contributed by atoms with Gasteiger partial charge in [-0.3, -0.25) is 9.48 Å². The van der Waals surface area contributed by atoms with Gasteiger partial charge in [-0.1, -0.05) is 24.3 Å². The Hall–Kier alpha value is -4.54. The first-order valence-electron chi connectivity index (χ1n) is 18.2. The number of amides is 3. The summed E-state index contributed by atoms with van der Waals surface area (Å²) in [5.41, 5.74) is 5.60. The van der Waals surface area contributed by atoms with Gasteiger partial charge < -0.3 is 29.7 Å². The number of alkyl carbamates (subject to hydrolysis) is 2. The van der Waals surface area contributed by atoms with Gasteiger partial charge in [-0.25, -0.2) is 9.59 Å². The first kappa shape index (κ1) is 35.3. The highest BCUT2D eigenvalue weighted by Gasteiger charge is 2.34. The van der Waals surface area contributed by atoms with E-state index in [2.05, 4.69) is 74.7 Å². The van der Waals surface area contributed by atoms with Crippen LogP contribution in [0.2, 0.25) is 0 Å².